The molecule has 120 valence electrons. The maximum Gasteiger partial charge on any atom is 0.251 e. The fraction of sp³-hybridized carbons (Fsp3) is 0.167. The molecule has 1 aliphatic rings. The average molecular weight is 321 g/mol. The predicted octanol–water partition coefficient (Wildman–Crippen LogP) is 2.12. The van der Waals surface area contributed by atoms with Crippen LogP contribution in [0.25, 0.3) is 11.4 Å². The molecule has 24 heavy (non-hydrogen) atoms. The van der Waals surface area contributed by atoms with E-state index in [0.717, 1.165) is 16.7 Å². The third-order valence-electron chi connectivity index (χ3n) is 4.26. The largest absolute Gasteiger partial charge is 0.390 e. The maximum atomic E-state index is 12.5. The molecule has 0 radical (unpaired) electrons. The zero-order valence-corrected chi connectivity index (χ0v) is 12.7. The molecule has 6 heteroatoms. The Morgan fingerprint density at radius 1 is 1.17 bits per heavy atom. The number of benzene rings is 2. The highest BCUT2D eigenvalue weighted by Crippen LogP contribution is 2.31. The second-order valence-electron chi connectivity index (χ2n) is 5.75. The van der Waals surface area contributed by atoms with E-state index < -0.39 is 6.10 Å². The maximum absolute atomic E-state index is 12.5. The highest BCUT2D eigenvalue weighted by atomic mass is 16.5. The number of aliphatic hydroxyl groups is 1. The third kappa shape index (κ3) is 2.57. The minimum absolute atomic E-state index is 0.226. The van der Waals surface area contributed by atoms with Gasteiger partial charge in [0.1, 0.15) is 0 Å². The summed E-state index contributed by atoms with van der Waals surface area (Å²) in [6.07, 6.45) is 1.21. The second-order valence-corrected chi connectivity index (χ2v) is 5.75. The molecule has 2 aromatic carbocycles. The summed E-state index contributed by atoms with van der Waals surface area (Å²) < 4.78 is 4.71. The molecule has 4 rings (SSSR count). The van der Waals surface area contributed by atoms with Crippen molar-refractivity contribution in [2.24, 2.45) is 0 Å². The summed E-state index contributed by atoms with van der Waals surface area (Å²) in [5.41, 5.74) is 3.33. The summed E-state index contributed by atoms with van der Waals surface area (Å²) in [5, 5.41) is 16.9. The first kappa shape index (κ1) is 14.6. The number of nitrogens with one attached hydrogen (secondary N) is 1. The number of fused-ring (bicyclic) bond motifs is 1. The van der Waals surface area contributed by atoms with Gasteiger partial charge in [-0.25, -0.2) is 0 Å². The van der Waals surface area contributed by atoms with Gasteiger partial charge in [0.05, 0.1) is 12.1 Å². The number of hydrogen-bond acceptors (Lipinski definition) is 5. The van der Waals surface area contributed by atoms with Crippen LogP contribution in [0.4, 0.5) is 0 Å². The van der Waals surface area contributed by atoms with Crippen molar-refractivity contribution in [3.8, 4) is 11.4 Å². The van der Waals surface area contributed by atoms with Crippen molar-refractivity contribution in [3.63, 3.8) is 0 Å². The van der Waals surface area contributed by atoms with Crippen molar-refractivity contribution in [1.82, 2.24) is 15.5 Å². The third-order valence-corrected chi connectivity index (χ3v) is 4.26. The predicted molar refractivity (Wildman–Crippen MR) is 86.1 cm³/mol. The number of carbonyl (C=O) groups is 1. The minimum Gasteiger partial charge on any atom is -0.390 e. The molecular weight excluding hydrogens is 306 g/mol. The number of hydrogen-bond donors (Lipinski definition) is 2. The molecule has 0 saturated heterocycles. The van der Waals surface area contributed by atoms with E-state index in [1.165, 1.54) is 6.39 Å². The fourth-order valence-electron chi connectivity index (χ4n) is 3.04. The molecule has 0 aliphatic heterocycles. The van der Waals surface area contributed by atoms with Crippen LogP contribution < -0.4 is 5.32 Å². The number of carbonyl (C=O) groups excluding carboxylic acids is 1. The second kappa shape index (κ2) is 5.90. The van der Waals surface area contributed by atoms with E-state index in [4.69, 9.17) is 4.52 Å². The molecule has 1 aliphatic carbocycles. The standard InChI is InChI=1S/C18H15N3O3/c22-15-9-13-3-1-2-4-14(13)16(15)20-18(23)12-7-5-11(6-8-12)17-19-10-24-21-17/h1-8,10,15-16,22H,9H2,(H,20,23). The van der Waals surface area contributed by atoms with Crippen molar-refractivity contribution in [2.45, 2.75) is 18.6 Å². The SMILES string of the molecule is O=C(NC1c2ccccc2CC1O)c1ccc(-c2ncon2)cc1. The summed E-state index contributed by atoms with van der Waals surface area (Å²) in [5.74, 6) is 0.248. The molecule has 1 aromatic heterocycles. The molecule has 2 N–H and O–H groups in total. The monoisotopic (exact) mass is 321 g/mol. The van der Waals surface area contributed by atoms with Gasteiger partial charge in [-0.2, -0.15) is 4.98 Å². The van der Waals surface area contributed by atoms with E-state index in [2.05, 4.69) is 15.5 Å². The lowest BCUT2D eigenvalue weighted by Gasteiger charge is -2.18. The van der Waals surface area contributed by atoms with Crippen LogP contribution in [0.2, 0.25) is 0 Å². The van der Waals surface area contributed by atoms with Crippen molar-refractivity contribution >= 4 is 5.91 Å². The molecule has 2 atom stereocenters. The van der Waals surface area contributed by atoms with Gasteiger partial charge in [0.15, 0.2) is 0 Å². The lowest BCUT2D eigenvalue weighted by Crippen LogP contribution is -2.33. The molecule has 1 amide bonds. The van der Waals surface area contributed by atoms with Gasteiger partial charge in [0.2, 0.25) is 12.2 Å². The summed E-state index contributed by atoms with van der Waals surface area (Å²) in [6, 6.07) is 14.3. The highest BCUT2D eigenvalue weighted by Gasteiger charge is 2.31. The number of amides is 1. The molecule has 1 heterocycles. The summed E-state index contributed by atoms with van der Waals surface area (Å²) in [7, 11) is 0. The number of aliphatic hydroxyl groups excluding tert-OH is 1. The van der Waals surface area contributed by atoms with Crippen molar-refractivity contribution < 1.29 is 14.4 Å². The van der Waals surface area contributed by atoms with Crippen molar-refractivity contribution in [1.29, 1.82) is 0 Å². The van der Waals surface area contributed by atoms with Gasteiger partial charge < -0.3 is 14.9 Å². The van der Waals surface area contributed by atoms with Crippen LogP contribution in [-0.4, -0.2) is 27.3 Å². The molecule has 3 aromatic rings. The summed E-state index contributed by atoms with van der Waals surface area (Å²) >= 11 is 0. The van der Waals surface area contributed by atoms with Crippen LogP contribution in [-0.2, 0) is 6.42 Å². The summed E-state index contributed by atoms with van der Waals surface area (Å²) in [4.78, 5) is 16.4. The van der Waals surface area contributed by atoms with Crippen LogP contribution in [0.3, 0.4) is 0 Å². The Bertz CT molecular complexity index is 859. The normalized spacial score (nSPS) is 19.0. The van der Waals surface area contributed by atoms with Crippen LogP contribution in [0, 0.1) is 0 Å². The number of nitrogens with zero attached hydrogens (tertiary/aromatic N) is 2. The van der Waals surface area contributed by atoms with Crippen molar-refractivity contribution in [2.75, 3.05) is 0 Å². The van der Waals surface area contributed by atoms with Gasteiger partial charge in [-0.05, 0) is 23.3 Å². The smallest absolute Gasteiger partial charge is 0.251 e. The highest BCUT2D eigenvalue weighted by molar-refractivity contribution is 5.95. The molecular formula is C18H15N3O3. The van der Waals surface area contributed by atoms with Crippen LogP contribution in [0.1, 0.15) is 27.5 Å². The van der Waals surface area contributed by atoms with E-state index in [9.17, 15) is 9.90 Å². The number of aromatic nitrogens is 2. The van der Waals surface area contributed by atoms with Gasteiger partial charge in [-0.1, -0.05) is 41.6 Å². The molecule has 6 nitrogen and oxygen atoms in total. The molecule has 0 saturated carbocycles. The Labute approximate surface area is 138 Å². The van der Waals surface area contributed by atoms with Gasteiger partial charge in [-0.3, -0.25) is 4.79 Å². The Morgan fingerprint density at radius 3 is 2.71 bits per heavy atom. The first-order valence-corrected chi connectivity index (χ1v) is 7.66. The Hall–Kier alpha value is -2.99. The van der Waals surface area contributed by atoms with Crippen LogP contribution in [0.15, 0.2) is 59.4 Å². The Kier molecular flexibility index (Phi) is 3.59. The summed E-state index contributed by atoms with van der Waals surface area (Å²) in [6.45, 7) is 0. The van der Waals surface area contributed by atoms with E-state index in [0.29, 0.717) is 17.8 Å². The number of rotatable bonds is 3. The lowest BCUT2D eigenvalue weighted by molar-refractivity contribution is 0.0858. The van der Waals surface area contributed by atoms with Gasteiger partial charge >= 0.3 is 0 Å². The van der Waals surface area contributed by atoms with E-state index >= 15 is 0 Å². The van der Waals surface area contributed by atoms with Gasteiger partial charge in [-0.15, -0.1) is 0 Å². The zero-order chi connectivity index (χ0) is 16.5. The van der Waals surface area contributed by atoms with Crippen LogP contribution in [0.5, 0.6) is 0 Å². The zero-order valence-electron chi connectivity index (χ0n) is 12.7. The van der Waals surface area contributed by atoms with E-state index in [-0.39, 0.29) is 11.9 Å². The van der Waals surface area contributed by atoms with Crippen molar-refractivity contribution in [3.05, 3.63) is 71.6 Å². The Balaban J connectivity index is 1.52. The lowest BCUT2D eigenvalue weighted by atomic mass is 10.1. The molecule has 0 bridgehead atoms. The molecule has 0 spiro atoms. The van der Waals surface area contributed by atoms with Gasteiger partial charge in [0.25, 0.3) is 5.91 Å². The Morgan fingerprint density at radius 2 is 1.96 bits per heavy atom. The van der Waals surface area contributed by atoms with E-state index in [1.807, 2.05) is 24.3 Å². The minimum atomic E-state index is -0.607. The topological polar surface area (TPSA) is 88.2 Å². The first-order chi connectivity index (χ1) is 11.7. The molecule has 2 unspecified atom stereocenters. The first-order valence-electron chi connectivity index (χ1n) is 7.66. The van der Waals surface area contributed by atoms with Gasteiger partial charge in [0, 0.05) is 17.5 Å². The molecule has 0 fully saturated rings. The fourth-order valence-corrected chi connectivity index (χ4v) is 3.04. The van der Waals surface area contributed by atoms with E-state index in [1.54, 1.807) is 24.3 Å². The van der Waals surface area contributed by atoms with Crippen LogP contribution >= 0.6 is 0 Å². The quantitative estimate of drug-likeness (QED) is 0.771. The average Bonchev–Trinajstić information content (AvgIpc) is 3.24.